The third kappa shape index (κ3) is 4.61. The number of hydrogen-bond donors (Lipinski definition) is 1. The fraction of sp³-hybridized carbons (Fsp3) is 0.353. The van der Waals surface area contributed by atoms with Gasteiger partial charge in [-0.15, -0.1) is 10.2 Å². The van der Waals surface area contributed by atoms with Gasteiger partial charge in [-0.05, 0) is 36.4 Å². The van der Waals surface area contributed by atoms with Crippen molar-refractivity contribution in [3.8, 4) is 5.75 Å². The lowest BCUT2D eigenvalue weighted by Crippen LogP contribution is -2.26. The number of benzene rings is 1. The van der Waals surface area contributed by atoms with Gasteiger partial charge in [-0.2, -0.15) is 0 Å². The Hall–Kier alpha value is -2.28. The lowest BCUT2D eigenvalue weighted by atomic mass is 10.2. The molecule has 1 heterocycles. The number of hydrogen-bond acceptors (Lipinski definition) is 5. The van der Waals surface area contributed by atoms with Crippen molar-refractivity contribution in [1.82, 2.24) is 20.1 Å². The Morgan fingerprint density at radius 2 is 2.08 bits per heavy atom. The second-order valence-corrected chi connectivity index (χ2v) is 6.40. The molecule has 1 atom stereocenters. The van der Waals surface area contributed by atoms with E-state index in [4.69, 9.17) is 4.74 Å². The molecule has 0 fully saturated rings. The van der Waals surface area contributed by atoms with E-state index in [2.05, 4.69) is 22.4 Å². The number of thioether (sulfide) groups is 1. The summed E-state index contributed by atoms with van der Waals surface area (Å²) >= 11 is 1.62. The molecule has 0 spiro atoms. The fourth-order valence-electron chi connectivity index (χ4n) is 2.17. The number of carbonyl (C=O) groups excluding carboxylic acids is 1. The Morgan fingerprint density at radius 3 is 2.71 bits per heavy atom. The number of carbonyl (C=O) groups is 1. The summed E-state index contributed by atoms with van der Waals surface area (Å²) in [7, 11) is 3.53. The molecule has 0 radical (unpaired) electrons. The van der Waals surface area contributed by atoms with Gasteiger partial charge in [0.25, 0.3) is 0 Å². The zero-order valence-corrected chi connectivity index (χ0v) is 15.1. The zero-order valence-electron chi connectivity index (χ0n) is 14.3. The maximum Gasteiger partial charge on any atom is 0.244 e. The molecule has 0 aliphatic rings. The van der Waals surface area contributed by atoms with E-state index in [-0.39, 0.29) is 11.9 Å². The first-order chi connectivity index (χ1) is 11.5. The molecular weight excluding hydrogens is 324 g/mol. The van der Waals surface area contributed by atoms with Crippen molar-refractivity contribution in [2.75, 3.05) is 12.9 Å². The highest BCUT2D eigenvalue weighted by Gasteiger charge is 2.16. The first kappa shape index (κ1) is 18.1. The van der Waals surface area contributed by atoms with Crippen LogP contribution in [0.4, 0.5) is 0 Å². The summed E-state index contributed by atoms with van der Waals surface area (Å²) in [5.41, 5.74) is 0.930. The molecule has 24 heavy (non-hydrogen) atoms. The van der Waals surface area contributed by atoms with Crippen LogP contribution in [0.1, 0.15) is 31.3 Å². The van der Waals surface area contributed by atoms with E-state index in [0.717, 1.165) is 28.0 Å². The summed E-state index contributed by atoms with van der Waals surface area (Å²) in [6.45, 7) is 3.96. The van der Waals surface area contributed by atoms with Gasteiger partial charge in [-0.1, -0.05) is 30.8 Å². The van der Waals surface area contributed by atoms with Gasteiger partial charge < -0.3 is 14.6 Å². The lowest BCUT2D eigenvalue weighted by Gasteiger charge is -2.12. The predicted molar refractivity (Wildman–Crippen MR) is 96.0 cm³/mol. The minimum Gasteiger partial charge on any atom is -0.497 e. The van der Waals surface area contributed by atoms with Gasteiger partial charge in [0.1, 0.15) is 5.75 Å². The lowest BCUT2D eigenvalue weighted by molar-refractivity contribution is -0.117. The number of aromatic nitrogens is 3. The van der Waals surface area contributed by atoms with E-state index in [1.54, 1.807) is 24.9 Å². The maximum absolute atomic E-state index is 12.1. The minimum absolute atomic E-state index is 0.175. The van der Waals surface area contributed by atoms with Crippen LogP contribution in [0.2, 0.25) is 0 Å². The topological polar surface area (TPSA) is 69.0 Å². The molecule has 7 heteroatoms. The first-order valence-electron chi connectivity index (χ1n) is 7.69. The molecule has 1 amide bonds. The minimum atomic E-state index is -0.221. The molecule has 0 bridgehead atoms. The number of rotatable bonds is 7. The molecule has 0 aliphatic heterocycles. The molecule has 1 unspecified atom stereocenters. The quantitative estimate of drug-likeness (QED) is 0.617. The number of methoxy groups -OCH3 is 1. The molecule has 2 aromatic rings. The summed E-state index contributed by atoms with van der Waals surface area (Å²) in [5.74, 6) is 2.27. The monoisotopic (exact) mass is 346 g/mol. The molecule has 1 N–H and O–H groups in total. The molecule has 2 rings (SSSR count). The summed E-state index contributed by atoms with van der Waals surface area (Å²) in [6.07, 6.45) is 3.27. The maximum atomic E-state index is 12.1. The van der Waals surface area contributed by atoms with Crippen LogP contribution in [0.5, 0.6) is 5.75 Å². The van der Waals surface area contributed by atoms with Crippen LogP contribution >= 0.6 is 11.8 Å². The molecular formula is C17H22N4O2S. The standard InChI is InChI=1S/C17H22N4O2S/c1-5-24-17-20-19-16(21(17)3)12(2)18-15(22)11-8-13-6-9-14(23-4)10-7-13/h6-12H,5H2,1-4H3,(H,18,22)/b11-8+. The highest BCUT2D eigenvalue weighted by molar-refractivity contribution is 7.99. The normalized spacial score (nSPS) is 12.3. The van der Waals surface area contributed by atoms with E-state index >= 15 is 0 Å². The van der Waals surface area contributed by atoms with Crippen molar-refractivity contribution < 1.29 is 9.53 Å². The summed E-state index contributed by atoms with van der Waals surface area (Å²) in [4.78, 5) is 12.1. The predicted octanol–water partition coefficient (Wildman–Crippen LogP) is 2.83. The molecule has 1 aromatic heterocycles. The van der Waals surface area contributed by atoms with E-state index < -0.39 is 0 Å². The Balaban J connectivity index is 1.96. The van der Waals surface area contributed by atoms with E-state index in [0.29, 0.717) is 0 Å². The molecule has 128 valence electrons. The summed E-state index contributed by atoms with van der Waals surface area (Å²) in [6, 6.07) is 7.27. The Morgan fingerprint density at radius 1 is 1.38 bits per heavy atom. The van der Waals surface area contributed by atoms with Gasteiger partial charge in [-0.25, -0.2) is 0 Å². The van der Waals surface area contributed by atoms with Crippen LogP contribution < -0.4 is 10.1 Å². The number of ether oxygens (including phenoxy) is 1. The van der Waals surface area contributed by atoms with Crippen molar-refractivity contribution in [2.24, 2.45) is 7.05 Å². The molecule has 6 nitrogen and oxygen atoms in total. The smallest absolute Gasteiger partial charge is 0.244 e. The molecule has 0 saturated heterocycles. The average molecular weight is 346 g/mol. The third-order valence-corrected chi connectivity index (χ3v) is 4.33. The van der Waals surface area contributed by atoms with Crippen molar-refractivity contribution in [3.63, 3.8) is 0 Å². The molecule has 0 aliphatic carbocycles. The zero-order chi connectivity index (χ0) is 17.5. The van der Waals surface area contributed by atoms with Gasteiger partial charge in [0.2, 0.25) is 5.91 Å². The number of amides is 1. The number of nitrogens with one attached hydrogen (secondary N) is 1. The van der Waals surface area contributed by atoms with Crippen molar-refractivity contribution >= 4 is 23.7 Å². The van der Waals surface area contributed by atoms with Crippen LogP contribution in [-0.4, -0.2) is 33.5 Å². The number of nitrogens with zero attached hydrogens (tertiary/aromatic N) is 3. The summed E-state index contributed by atoms with van der Waals surface area (Å²) in [5, 5.41) is 12.1. The SMILES string of the molecule is CCSc1nnc(C(C)NC(=O)/C=C/c2ccc(OC)cc2)n1C. The molecule has 0 saturated carbocycles. The van der Waals surface area contributed by atoms with Gasteiger partial charge in [-0.3, -0.25) is 4.79 Å². The summed E-state index contributed by atoms with van der Waals surface area (Å²) < 4.78 is 7.02. The van der Waals surface area contributed by atoms with Gasteiger partial charge in [0.15, 0.2) is 11.0 Å². The van der Waals surface area contributed by atoms with E-state index in [1.165, 1.54) is 6.08 Å². The molecule has 1 aromatic carbocycles. The van der Waals surface area contributed by atoms with Crippen molar-refractivity contribution in [1.29, 1.82) is 0 Å². The van der Waals surface area contributed by atoms with Crippen molar-refractivity contribution in [3.05, 3.63) is 41.7 Å². The van der Waals surface area contributed by atoms with Crippen LogP contribution in [0, 0.1) is 0 Å². The Labute approximate surface area is 146 Å². The first-order valence-corrected chi connectivity index (χ1v) is 8.68. The fourth-order valence-corrected chi connectivity index (χ4v) is 2.81. The second kappa shape index (κ2) is 8.54. The van der Waals surface area contributed by atoms with Gasteiger partial charge in [0, 0.05) is 13.1 Å². The third-order valence-electron chi connectivity index (χ3n) is 3.43. The van der Waals surface area contributed by atoms with Crippen LogP contribution in [0.25, 0.3) is 6.08 Å². The van der Waals surface area contributed by atoms with Crippen LogP contribution in [0.15, 0.2) is 35.5 Å². The Bertz CT molecular complexity index is 710. The second-order valence-electron chi connectivity index (χ2n) is 5.17. The highest BCUT2D eigenvalue weighted by Crippen LogP contribution is 2.18. The van der Waals surface area contributed by atoms with Gasteiger partial charge in [0.05, 0.1) is 13.2 Å². The van der Waals surface area contributed by atoms with Crippen molar-refractivity contribution in [2.45, 2.75) is 25.0 Å². The Kier molecular flexibility index (Phi) is 6.43. The van der Waals surface area contributed by atoms with Gasteiger partial charge >= 0.3 is 0 Å². The largest absolute Gasteiger partial charge is 0.497 e. The van der Waals surface area contributed by atoms with Crippen LogP contribution in [0.3, 0.4) is 0 Å². The van der Waals surface area contributed by atoms with Crippen LogP contribution in [-0.2, 0) is 11.8 Å². The highest BCUT2D eigenvalue weighted by atomic mass is 32.2. The average Bonchev–Trinajstić information content (AvgIpc) is 2.95. The van der Waals surface area contributed by atoms with E-state index in [9.17, 15) is 4.79 Å². The van der Waals surface area contributed by atoms with E-state index in [1.807, 2.05) is 42.8 Å².